The number of hydrogen-bond donors (Lipinski definition) is 1. The van der Waals surface area contributed by atoms with Crippen molar-refractivity contribution in [3.05, 3.63) is 16.1 Å². The molecule has 1 aliphatic rings. The highest BCUT2D eigenvalue weighted by Crippen LogP contribution is 2.41. The predicted octanol–water partition coefficient (Wildman–Crippen LogP) is 2.54. The molecular formula is C12H20N2OS. The molecule has 4 heteroatoms. The van der Waals surface area contributed by atoms with Crippen LogP contribution in [0.25, 0.3) is 0 Å². The molecule has 16 heavy (non-hydrogen) atoms. The SMILES string of the molecule is CCC(COC)NCc1csc(C2CC2)n1. The van der Waals surface area contributed by atoms with Crippen LogP contribution in [0.4, 0.5) is 0 Å². The summed E-state index contributed by atoms with van der Waals surface area (Å²) in [5.74, 6) is 0.777. The van der Waals surface area contributed by atoms with E-state index in [1.807, 2.05) is 11.3 Å². The molecule has 1 aromatic heterocycles. The number of aromatic nitrogens is 1. The van der Waals surface area contributed by atoms with Gasteiger partial charge in [-0.2, -0.15) is 0 Å². The van der Waals surface area contributed by atoms with Gasteiger partial charge in [0, 0.05) is 31.0 Å². The Bertz CT molecular complexity index is 323. The molecule has 1 heterocycles. The third-order valence-corrected chi connectivity index (χ3v) is 3.98. The highest BCUT2D eigenvalue weighted by molar-refractivity contribution is 7.09. The van der Waals surface area contributed by atoms with Crippen molar-refractivity contribution in [1.29, 1.82) is 0 Å². The van der Waals surface area contributed by atoms with Gasteiger partial charge in [0.2, 0.25) is 0 Å². The van der Waals surface area contributed by atoms with Crippen LogP contribution in [-0.2, 0) is 11.3 Å². The molecule has 3 nitrogen and oxygen atoms in total. The number of thiazole rings is 1. The Morgan fingerprint density at radius 3 is 3.06 bits per heavy atom. The summed E-state index contributed by atoms with van der Waals surface area (Å²) in [5, 5.41) is 6.99. The number of nitrogens with one attached hydrogen (secondary N) is 1. The van der Waals surface area contributed by atoms with Gasteiger partial charge in [-0.25, -0.2) is 4.98 Å². The lowest BCUT2D eigenvalue weighted by atomic mass is 10.2. The Kier molecular flexibility index (Phi) is 4.32. The summed E-state index contributed by atoms with van der Waals surface area (Å²) in [5.41, 5.74) is 1.18. The van der Waals surface area contributed by atoms with Crippen molar-refractivity contribution in [1.82, 2.24) is 10.3 Å². The van der Waals surface area contributed by atoms with E-state index in [1.54, 1.807) is 7.11 Å². The van der Waals surface area contributed by atoms with E-state index in [9.17, 15) is 0 Å². The van der Waals surface area contributed by atoms with Crippen LogP contribution in [-0.4, -0.2) is 24.7 Å². The van der Waals surface area contributed by atoms with E-state index in [2.05, 4.69) is 22.6 Å². The zero-order chi connectivity index (χ0) is 11.4. The first-order chi connectivity index (χ1) is 7.83. The monoisotopic (exact) mass is 240 g/mol. The molecule has 1 aliphatic carbocycles. The quantitative estimate of drug-likeness (QED) is 0.795. The molecule has 0 radical (unpaired) electrons. The Balaban J connectivity index is 1.78. The molecule has 1 saturated carbocycles. The molecule has 1 atom stereocenters. The third-order valence-electron chi connectivity index (χ3n) is 2.93. The maximum atomic E-state index is 5.16. The van der Waals surface area contributed by atoms with Crippen LogP contribution in [0.15, 0.2) is 5.38 Å². The number of rotatable bonds is 7. The van der Waals surface area contributed by atoms with Gasteiger partial charge in [0.1, 0.15) is 0 Å². The predicted molar refractivity (Wildman–Crippen MR) is 66.9 cm³/mol. The average molecular weight is 240 g/mol. The first-order valence-electron chi connectivity index (χ1n) is 6.00. The van der Waals surface area contributed by atoms with Crippen molar-refractivity contribution in [2.45, 2.75) is 44.7 Å². The fourth-order valence-electron chi connectivity index (χ4n) is 1.69. The summed E-state index contributed by atoms with van der Waals surface area (Å²) in [6.07, 6.45) is 3.76. The van der Waals surface area contributed by atoms with E-state index in [0.29, 0.717) is 6.04 Å². The highest BCUT2D eigenvalue weighted by atomic mass is 32.1. The van der Waals surface area contributed by atoms with Gasteiger partial charge in [-0.3, -0.25) is 0 Å². The van der Waals surface area contributed by atoms with Crippen LogP contribution in [0.1, 0.15) is 42.8 Å². The Labute approximate surface area is 101 Å². The largest absolute Gasteiger partial charge is 0.383 e. The standard InChI is InChI=1S/C12H20N2OS/c1-3-10(7-15-2)13-6-11-8-16-12(14-11)9-4-5-9/h8-10,13H,3-7H2,1-2H3. The van der Waals surface area contributed by atoms with E-state index in [0.717, 1.165) is 25.5 Å². The van der Waals surface area contributed by atoms with Crippen LogP contribution >= 0.6 is 11.3 Å². The molecule has 2 rings (SSSR count). The fourth-order valence-corrected chi connectivity index (χ4v) is 2.68. The Morgan fingerprint density at radius 2 is 2.44 bits per heavy atom. The summed E-state index contributed by atoms with van der Waals surface area (Å²) in [7, 11) is 1.75. The smallest absolute Gasteiger partial charge is 0.0959 e. The molecule has 0 aromatic carbocycles. The van der Waals surface area contributed by atoms with Gasteiger partial charge in [-0.15, -0.1) is 11.3 Å². The number of methoxy groups -OCH3 is 1. The van der Waals surface area contributed by atoms with Crippen molar-refractivity contribution < 1.29 is 4.74 Å². The minimum atomic E-state index is 0.441. The molecule has 1 fully saturated rings. The minimum absolute atomic E-state index is 0.441. The van der Waals surface area contributed by atoms with E-state index >= 15 is 0 Å². The molecule has 90 valence electrons. The highest BCUT2D eigenvalue weighted by Gasteiger charge is 2.26. The lowest BCUT2D eigenvalue weighted by Crippen LogP contribution is -2.32. The summed E-state index contributed by atoms with van der Waals surface area (Å²) >= 11 is 1.81. The molecule has 0 spiro atoms. The summed E-state index contributed by atoms with van der Waals surface area (Å²) < 4.78 is 5.16. The second-order valence-electron chi connectivity index (χ2n) is 4.39. The van der Waals surface area contributed by atoms with Gasteiger partial charge in [-0.05, 0) is 19.3 Å². The van der Waals surface area contributed by atoms with Gasteiger partial charge >= 0.3 is 0 Å². The lowest BCUT2D eigenvalue weighted by molar-refractivity contribution is 0.163. The van der Waals surface area contributed by atoms with Crippen LogP contribution in [0, 0.1) is 0 Å². The second-order valence-corrected chi connectivity index (χ2v) is 5.28. The van der Waals surface area contributed by atoms with Crippen LogP contribution in [0.5, 0.6) is 0 Å². The zero-order valence-corrected chi connectivity index (χ0v) is 10.8. The minimum Gasteiger partial charge on any atom is -0.383 e. The first kappa shape index (κ1) is 12.0. The van der Waals surface area contributed by atoms with Gasteiger partial charge in [0.25, 0.3) is 0 Å². The summed E-state index contributed by atoms with van der Waals surface area (Å²) in [4.78, 5) is 4.65. The molecule has 1 N–H and O–H groups in total. The van der Waals surface area contributed by atoms with Crippen molar-refractivity contribution in [2.75, 3.05) is 13.7 Å². The van der Waals surface area contributed by atoms with Crippen LogP contribution in [0.2, 0.25) is 0 Å². The van der Waals surface area contributed by atoms with Gasteiger partial charge in [0.15, 0.2) is 0 Å². The molecule has 0 saturated heterocycles. The Morgan fingerprint density at radius 1 is 1.62 bits per heavy atom. The molecule has 0 aliphatic heterocycles. The molecule has 0 amide bonds. The molecular weight excluding hydrogens is 220 g/mol. The van der Waals surface area contributed by atoms with Crippen molar-refractivity contribution >= 4 is 11.3 Å². The fraction of sp³-hybridized carbons (Fsp3) is 0.750. The maximum Gasteiger partial charge on any atom is 0.0959 e. The van der Waals surface area contributed by atoms with E-state index in [-0.39, 0.29) is 0 Å². The normalized spacial score (nSPS) is 17.6. The first-order valence-corrected chi connectivity index (χ1v) is 6.88. The van der Waals surface area contributed by atoms with E-state index < -0.39 is 0 Å². The zero-order valence-electron chi connectivity index (χ0n) is 10.0. The van der Waals surface area contributed by atoms with Gasteiger partial charge in [0.05, 0.1) is 17.3 Å². The van der Waals surface area contributed by atoms with Crippen molar-refractivity contribution in [3.8, 4) is 0 Å². The van der Waals surface area contributed by atoms with Gasteiger partial charge < -0.3 is 10.1 Å². The van der Waals surface area contributed by atoms with Gasteiger partial charge in [-0.1, -0.05) is 6.92 Å². The average Bonchev–Trinajstić information content (AvgIpc) is 3.04. The molecule has 0 bridgehead atoms. The molecule has 1 aromatic rings. The van der Waals surface area contributed by atoms with E-state index in [1.165, 1.54) is 23.5 Å². The Hall–Kier alpha value is -0.450. The topological polar surface area (TPSA) is 34.1 Å². The number of nitrogens with zero attached hydrogens (tertiary/aromatic N) is 1. The van der Waals surface area contributed by atoms with Crippen LogP contribution in [0.3, 0.4) is 0 Å². The maximum absolute atomic E-state index is 5.16. The lowest BCUT2D eigenvalue weighted by Gasteiger charge is -2.14. The molecule has 1 unspecified atom stereocenters. The summed E-state index contributed by atoms with van der Waals surface area (Å²) in [6, 6.07) is 0.441. The number of hydrogen-bond acceptors (Lipinski definition) is 4. The van der Waals surface area contributed by atoms with E-state index in [4.69, 9.17) is 4.74 Å². The third kappa shape index (κ3) is 3.27. The van der Waals surface area contributed by atoms with Crippen molar-refractivity contribution in [3.63, 3.8) is 0 Å². The summed E-state index contributed by atoms with van der Waals surface area (Å²) in [6.45, 7) is 3.81. The van der Waals surface area contributed by atoms with Crippen molar-refractivity contribution in [2.24, 2.45) is 0 Å². The number of ether oxygens (including phenoxy) is 1. The second kappa shape index (κ2) is 5.75. The van der Waals surface area contributed by atoms with Crippen LogP contribution < -0.4 is 5.32 Å².